The molecule has 0 saturated carbocycles. The van der Waals surface area contributed by atoms with Crippen LogP contribution in [-0.2, 0) is 13.6 Å². The second-order valence-corrected chi connectivity index (χ2v) is 7.39. The number of aliphatic hydroxyl groups excluding tert-OH is 1. The molecule has 5 nitrogen and oxygen atoms in total. The van der Waals surface area contributed by atoms with Gasteiger partial charge in [0.1, 0.15) is 5.82 Å². The maximum absolute atomic E-state index is 9.93. The summed E-state index contributed by atoms with van der Waals surface area (Å²) in [6.07, 6.45) is 0.657. The molecule has 2 rings (SSSR count). The highest BCUT2D eigenvalue weighted by Crippen LogP contribution is 2.28. The van der Waals surface area contributed by atoms with E-state index in [0.29, 0.717) is 5.92 Å². The Labute approximate surface area is 128 Å². The predicted molar refractivity (Wildman–Crippen MR) is 86.5 cm³/mol. The van der Waals surface area contributed by atoms with Crippen LogP contribution in [-0.4, -0.2) is 39.6 Å². The maximum atomic E-state index is 9.93. The summed E-state index contributed by atoms with van der Waals surface area (Å²) in [4.78, 5) is 2.37. The van der Waals surface area contributed by atoms with E-state index >= 15 is 0 Å². The number of aromatic nitrogens is 2. The van der Waals surface area contributed by atoms with E-state index in [9.17, 15) is 5.11 Å². The number of rotatable bonds is 3. The molecule has 1 fully saturated rings. The van der Waals surface area contributed by atoms with Crippen molar-refractivity contribution in [3.8, 4) is 0 Å². The van der Waals surface area contributed by atoms with E-state index in [1.165, 1.54) is 11.4 Å². The molecular formula is C16H30N4O. The normalized spacial score (nSPS) is 23.7. The van der Waals surface area contributed by atoms with Crippen molar-refractivity contribution in [2.24, 2.45) is 13.0 Å². The van der Waals surface area contributed by atoms with Gasteiger partial charge in [-0.25, -0.2) is 0 Å². The summed E-state index contributed by atoms with van der Waals surface area (Å²) in [5.74, 6) is 1.50. The number of anilines is 1. The SMILES string of the molecule is Cc1nn(C)c(N2CCC(O)C(C)C2)c1CNC(C)(C)C. The molecule has 0 amide bonds. The van der Waals surface area contributed by atoms with Gasteiger partial charge in [0.15, 0.2) is 0 Å². The smallest absolute Gasteiger partial charge is 0.131 e. The lowest BCUT2D eigenvalue weighted by Crippen LogP contribution is -2.43. The van der Waals surface area contributed by atoms with Gasteiger partial charge in [-0.1, -0.05) is 6.92 Å². The largest absolute Gasteiger partial charge is 0.393 e. The van der Waals surface area contributed by atoms with Gasteiger partial charge < -0.3 is 15.3 Å². The minimum atomic E-state index is -0.174. The van der Waals surface area contributed by atoms with Gasteiger partial charge in [0, 0.05) is 37.8 Å². The molecule has 0 spiro atoms. The molecule has 2 unspecified atom stereocenters. The zero-order chi connectivity index (χ0) is 15.8. The lowest BCUT2D eigenvalue weighted by molar-refractivity contribution is 0.0966. The van der Waals surface area contributed by atoms with Crippen molar-refractivity contribution in [1.29, 1.82) is 0 Å². The molecule has 0 radical (unpaired) electrons. The van der Waals surface area contributed by atoms with Crippen molar-refractivity contribution in [3.05, 3.63) is 11.3 Å². The summed E-state index contributed by atoms with van der Waals surface area (Å²) in [5, 5.41) is 18.1. The van der Waals surface area contributed by atoms with Crippen molar-refractivity contribution >= 4 is 5.82 Å². The molecule has 1 aliphatic rings. The lowest BCUT2D eigenvalue weighted by atomic mass is 9.96. The summed E-state index contributed by atoms with van der Waals surface area (Å²) >= 11 is 0. The summed E-state index contributed by atoms with van der Waals surface area (Å²) in [5.41, 5.74) is 2.45. The number of aryl methyl sites for hydroxylation is 2. The molecule has 1 saturated heterocycles. The van der Waals surface area contributed by atoms with Gasteiger partial charge in [0.05, 0.1) is 11.8 Å². The zero-order valence-corrected chi connectivity index (χ0v) is 14.3. The summed E-state index contributed by atoms with van der Waals surface area (Å²) < 4.78 is 1.99. The topological polar surface area (TPSA) is 53.3 Å². The fourth-order valence-electron chi connectivity index (χ4n) is 2.97. The summed E-state index contributed by atoms with van der Waals surface area (Å²) in [7, 11) is 2.01. The van der Waals surface area contributed by atoms with Gasteiger partial charge in [-0.05, 0) is 40.0 Å². The molecule has 2 N–H and O–H groups in total. The molecule has 1 aromatic rings. The van der Waals surface area contributed by atoms with Crippen LogP contribution in [0, 0.1) is 12.8 Å². The third kappa shape index (κ3) is 3.77. The predicted octanol–water partition coefficient (Wildman–Crippen LogP) is 1.82. The van der Waals surface area contributed by atoms with Gasteiger partial charge in [0.25, 0.3) is 0 Å². The fourth-order valence-corrected chi connectivity index (χ4v) is 2.97. The van der Waals surface area contributed by atoms with Crippen LogP contribution in [0.1, 0.15) is 45.4 Å². The van der Waals surface area contributed by atoms with Gasteiger partial charge in [-0.3, -0.25) is 4.68 Å². The summed E-state index contributed by atoms with van der Waals surface area (Å²) in [6.45, 7) is 13.3. The minimum absolute atomic E-state index is 0.0882. The van der Waals surface area contributed by atoms with E-state index in [1.54, 1.807) is 0 Å². The molecule has 1 aliphatic heterocycles. The Kier molecular flexibility index (Phi) is 4.63. The van der Waals surface area contributed by atoms with Crippen molar-refractivity contribution < 1.29 is 5.11 Å². The van der Waals surface area contributed by atoms with Crippen molar-refractivity contribution in [3.63, 3.8) is 0 Å². The van der Waals surface area contributed by atoms with Gasteiger partial charge >= 0.3 is 0 Å². The molecule has 2 atom stereocenters. The molecule has 2 heterocycles. The third-order valence-corrected chi connectivity index (χ3v) is 4.27. The Hall–Kier alpha value is -1.07. The number of hydrogen-bond donors (Lipinski definition) is 2. The Bertz CT molecular complexity index is 489. The average Bonchev–Trinajstić information content (AvgIpc) is 2.64. The molecule has 21 heavy (non-hydrogen) atoms. The van der Waals surface area contributed by atoms with Crippen molar-refractivity contribution in [2.75, 3.05) is 18.0 Å². The van der Waals surface area contributed by atoms with Crippen LogP contribution in [0.25, 0.3) is 0 Å². The second kappa shape index (κ2) is 5.97. The average molecular weight is 294 g/mol. The van der Waals surface area contributed by atoms with E-state index < -0.39 is 0 Å². The lowest BCUT2D eigenvalue weighted by Gasteiger charge is -2.36. The minimum Gasteiger partial charge on any atom is -0.393 e. The van der Waals surface area contributed by atoms with Crippen molar-refractivity contribution in [1.82, 2.24) is 15.1 Å². The highest BCUT2D eigenvalue weighted by atomic mass is 16.3. The first-order valence-electron chi connectivity index (χ1n) is 7.89. The first-order chi connectivity index (χ1) is 9.69. The van der Waals surface area contributed by atoms with Crippen LogP contribution in [0.3, 0.4) is 0 Å². The maximum Gasteiger partial charge on any atom is 0.131 e. The number of nitrogens with one attached hydrogen (secondary N) is 1. The van der Waals surface area contributed by atoms with E-state index in [0.717, 1.165) is 31.7 Å². The van der Waals surface area contributed by atoms with Crippen LogP contribution in [0.2, 0.25) is 0 Å². The monoisotopic (exact) mass is 294 g/mol. The van der Waals surface area contributed by atoms with Crippen LogP contribution >= 0.6 is 0 Å². The van der Waals surface area contributed by atoms with Crippen molar-refractivity contribution in [2.45, 2.75) is 59.2 Å². The number of aliphatic hydroxyl groups is 1. The van der Waals surface area contributed by atoms with Gasteiger partial charge in [0.2, 0.25) is 0 Å². The first kappa shape index (κ1) is 16.3. The van der Waals surface area contributed by atoms with Crippen LogP contribution < -0.4 is 10.2 Å². The standard InChI is InChI=1S/C16H30N4O/c1-11-10-20(8-7-14(11)21)15-13(9-17-16(3,4)5)12(2)18-19(15)6/h11,14,17,21H,7-10H2,1-6H3. The molecule has 1 aromatic heterocycles. The number of piperidine rings is 1. The first-order valence-corrected chi connectivity index (χ1v) is 7.89. The van der Waals surface area contributed by atoms with Crippen LogP contribution in [0.4, 0.5) is 5.82 Å². The number of hydrogen-bond acceptors (Lipinski definition) is 4. The van der Waals surface area contributed by atoms with Crippen LogP contribution in [0.5, 0.6) is 0 Å². The Balaban J connectivity index is 2.22. The third-order valence-electron chi connectivity index (χ3n) is 4.27. The highest BCUT2D eigenvalue weighted by molar-refractivity contribution is 5.50. The number of nitrogens with zero attached hydrogens (tertiary/aromatic N) is 3. The highest BCUT2D eigenvalue weighted by Gasteiger charge is 2.28. The Morgan fingerprint density at radius 3 is 2.62 bits per heavy atom. The van der Waals surface area contributed by atoms with E-state index in [2.05, 4.69) is 49.9 Å². The molecule has 0 aromatic carbocycles. The molecule has 5 heteroatoms. The van der Waals surface area contributed by atoms with E-state index in [1.807, 2.05) is 11.7 Å². The Morgan fingerprint density at radius 2 is 2.05 bits per heavy atom. The zero-order valence-electron chi connectivity index (χ0n) is 14.3. The molecule has 0 bridgehead atoms. The van der Waals surface area contributed by atoms with Crippen LogP contribution in [0.15, 0.2) is 0 Å². The van der Waals surface area contributed by atoms with E-state index in [-0.39, 0.29) is 11.6 Å². The molecular weight excluding hydrogens is 264 g/mol. The van der Waals surface area contributed by atoms with E-state index in [4.69, 9.17) is 0 Å². The fraction of sp³-hybridized carbons (Fsp3) is 0.812. The molecule has 0 aliphatic carbocycles. The summed E-state index contributed by atoms with van der Waals surface area (Å²) in [6, 6.07) is 0. The Morgan fingerprint density at radius 1 is 1.38 bits per heavy atom. The quantitative estimate of drug-likeness (QED) is 0.893. The second-order valence-electron chi connectivity index (χ2n) is 7.39. The van der Waals surface area contributed by atoms with Gasteiger partial charge in [-0.2, -0.15) is 5.10 Å². The van der Waals surface area contributed by atoms with Gasteiger partial charge in [-0.15, -0.1) is 0 Å². The molecule has 120 valence electrons.